The van der Waals surface area contributed by atoms with Gasteiger partial charge in [0.2, 0.25) is 0 Å². The van der Waals surface area contributed by atoms with E-state index in [1.165, 1.54) is 51.9 Å². The smallest absolute Gasteiger partial charge is 0.0220 e. The molecule has 0 aromatic rings. The van der Waals surface area contributed by atoms with Crippen LogP contribution in [0, 0.1) is 5.41 Å². The molecule has 0 N–H and O–H groups in total. The molecule has 0 bridgehead atoms. The van der Waals surface area contributed by atoms with E-state index in [2.05, 4.69) is 36.4 Å². The molecule has 1 atom stereocenters. The second-order valence-corrected chi connectivity index (χ2v) is 6.12. The maximum atomic E-state index is 4.53. The van der Waals surface area contributed by atoms with Gasteiger partial charge in [0.05, 0.1) is 0 Å². The molecule has 1 aliphatic carbocycles. The molecule has 16 heavy (non-hydrogen) atoms. The number of thiol groups is 1. The molecule has 1 aliphatic heterocycles. The minimum Gasteiger partial charge on any atom is -0.305 e. The molecule has 1 saturated carbocycles. The maximum absolute atomic E-state index is 4.53. The van der Waals surface area contributed by atoms with Gasteiger partial charge in [-0.1, -0.05) is 6.92 Å². The highest BCUT2D eigenvalue weighted by molar-refractivity contribution is 7.80. The summed E-state index contributed by atoms with van der Waals surface area (Å²) in [5, 5.41) is 0. The summed E-state index contributed by atoms with van der Waals surface area (Å²) in [6.45, 7) is 7.43. The standard InChI is InChI=1S/C13H26N2S/c1-3-12-9-14(2)7-4-8-15(12)10-13(11-16)5-6-13/h12,16H,3-11H2,1-2H3. The molecule has 1 heterocycles. The zero-order chi connectivity index (χ0) is 11.6. The first-order valence-corrected chi connectivity index (χ1v) is 7.36. The molecular weight excluding hydrogens is 216 g/mol. The Morgan fingerprint density at radius 1 is 1.31 bits per heavy atom. The van der Waals surface area contributed by atoms with Gasteiger partial charge in [0, 0.05) is 19.1 Å². The molecule has 2 aliphatic rings. The topological polar surface area (TPSA) is 6.48 Å². The molecule has 94 valence electrons. The van der Waals surface area contributed by atoms with E-state index in [-0.39, 0.29) is 0 Å². The van der Waals surface area contributed by atoms with E-state index in [4.69, 9.17) is 0 Å². The molecular formula is C13H26N2S. The first-order valence-electron chi connectivity index (χ1n) is 6.72. The summed E-state index contributed by atoms with van der Waals surface area (Å²) in [5.74, 6) is 1.08. The largest absolute Gasteiger partial charge is 0.305 e. The summed E-state index contributed by atoms with van der Waals surface area (Å²) in [5.41, 5.74) is 0.583. The molecule has 0 aromatic carbocycles. The lowest BCUT2D eigenvalue weighted by atomic mass is 10.1. The minimum atomic E-state index is 0.583. The lowest BCUT2D eigenvalue weighted by Gasteiger charge is -2.33. The van der Waals surface area contributed by atoms with Crippen molar-refractivity contribution in [2.75, 3.05) is 39.0 Å². The first kappa shape index (κ1) is 12.7. The van der Waals surface area contributed by atoms with Crippen LogP contribution in [0.2, 0.25) is 0 Å². The van der Waals surface area contributed by atoms with E-state index in [0.29, 0.717) is 5.41 Å². The molecule has 0 spiro atoms. The van der Waals surface area contributed by atoms with Crippen LogP contribution in [0.5, 0.6) is 0 Å². The molecule has 3 heteroatoms. The molecule has 2 rings (SSSR count). The van der Waals surface area contributed by atoms with Crippen molar-refractivity contribution in [3.05, 3.63) is 0 Å². The summed E-state index contributed by atoms with van der Waals surface area (Å²) >= 11 is 4.53. The molecule has 0 amide bonds. The van der Waals surface area contributed by atoms with Crippen LogP contribution < -0.4 is 0 Å². The number of hydrogen-bond donors (Lipinski definition) is 1. The van der Waals surface area contributed by atoms with E-state index in [1.54, 1.807) is 0 Å². The van der Waals surface area contributed by atoms with Gasteiger partial charge in [-0.3, -0.25) is 4.90 Å². The van der Waals surface area contributed by atoms with Gasteiger partial charge in [0.1, 0.15) is 0 Å². The van der Waals surface area contributed by atoms with Gasteiger partial charge < -0.3 is 4.90 Å². The summed E-state index contributed by atoms with van der Waals surface area (Å²) in [7, 11) is 2.26. The van der Waals surface area contributed by atoms with Crippen molar-refractivity contribution in [2.24, 2.45) is 5.41 Å². The van der Waals surface area contributed by atoms with E-state index < -0.39 is 0 Å². The number of likely N-dealkylation sites (N-methyl/N-ethyl adjacent to an activating group) is 1. The molecule has 2 fully saturated rings. The monoisotopic (exact) mass is 242 g/mol. The van der Waals surface area contributed by atoms with E-state index in [1.807, 2.05) is 0 Å². The number of hydrogen-bond acceptors (Lipinski definition) is 3. The normalized spacial score (nSPS) is 31.3. The Labute approximate surface area is 106 Å². The summed E-state index contributed by atoms with van der Waals surface area (Å²) in [6, 6.07) is 0.768. The fourth-order valence-corrected chi connectivity index (χ4v) is 3.28. The van der Waals surface area contributed by atoms with Crippen molar-refractivity contribution in [2.45, 2.75) is 38.6 Å². The van der Waals surface area contributed by atoms with Gasteiger partial charge in [-0.25, -0.2) is 0 Å². The van der Waals surface area contributed by atoms with Crippen LogP contribution >= 0.6 is 12.6 Å². The average molecular weight is 242 g/mol. The van der Waals surface area contributed by atoms with Gasteiger partial charge in [-0.05, 0) is 57.0 Å². The van der Waals surface area contributed by atoms with Crippen LogP contribution in [-0.4, -0.2) is 54.8 Å². The molecule has 0 radical (unpaired) electrons. The van der Waals surface area contributed by atoms with Crippen LogP contribution in [0.15, 0.2) is 0 Å². The molecule has 2 nitrogen and oxygen atoms in total. The Kier molecular flexibility index (Phi) is 4.20. The van der Waals surface area contributed by atoms with E-state index >= 15 is 0 Å². The predicted octanol–water partition coefficient (Wildman–Crippen LogP) is 2.11. The van der Waals surface area contributed by atoms with Gasteiger partial charge in [0.25, 0.3) is 0 Å². The molecule has 1 unspecified atom stereocenters. The van der Waals surface area contributed by atoms with Crippen molar-refractivity contribution in [1.29, 1.82) is 0 Å². The SMILES string of the molecule is CCC1CN(C)CCCN1CC1(CS)CC1. The van der Waals surface area contributed by atoms with Gasteiger partial charge in [0.15, 0.2) is 0 Å². The van der Waals surface area contributed by atoms with E-state index in [0.717, 1.165) is 11.8 Å². The van der Waals surface area contributed by atoms with Crippen molar-refractivity contribution in [3.8, 4) is 0 Å². The maximum Gasteiger partial charge on any atom is 0.0220 e. The van der Waals surface area contributed by atoms with Crippen molar-refractivity contribution >= 4 is 12.6 Å². The van der Waals surface area contributed by atoms with E-state index in [9.17, 15) is 0 Å². The highest BCUT2D eigenvalue weighted by Crippen LogP contribution is 2.47. The van der Waals surface area contributed by atoms with Crippen LogP contribution in [0.25, 0.3) is 0 Å². The second kappa shape index (κ2) is 5.28. The minimum absolute atomic E-state index is 0.583. The average Bonchev–Trinajstić information content (AvgIpc) is 3.06. The fraction of sp³-hybridized carbons (Fsp3) is 1.00. The predicted molar refractivity (Wildman–Crippen MR) is 73.3 cm³/mol. The first-order chi connectivity index (χ1) is 7.69. The van der Waals surface area contributed by atoms with Crippen molar-refractivity contribution in [3.63, 3.8) is 0 Å². The van der Waals surface area contributed by atoms with Gasteiger partial charge >= 0.3 is 0 Å². The zero-order valence-electron chi connectivity index (χ0n) is 10.8. The Balaban J connectivity index is 1.94. The van der Waals surface area contributed by atoms with Crippen LogP contribution in [-0.2, 0) is 0 Å². The van der Waals surface area contributed by atoms with Crippen LogP contribution in [0.3, 0.4) is 0 Å². The number of nitrogens with zero attached hydrogens (tertiary/aromatic N) is 2. The van der Waals surface area contributed by atoms with Crippen LogP contribution in [0.4, 0.5) is 0 Å². The third-order valence-electron chi connectivity index (χ3n) is 4.33. The van der Waals surface area contributed by atoms with Crippen LogP contribution in [0.1, 0.15) is 32.6 Å². The molecule has 0 aromatic heterocycles. The van der Waals surface area contributed by atoms with Crippen molar-refractivity contribution < 1.29 is 0 Å². The Bertz CT molecular complexity index is 228. The fourth-order valence-electron chi connectivity index (χ4n) is 2.86. The van der Waals surface area contributed by atoms with Gasteiger partial charge in [-0.2, -0.15) is 12.6 Å². The summed E-state index contributed by atoms with van der Waals surface area (Å²) < 4.78 is 0. The number of rotatable bonds is 4. The lowest BCUT2D eigenvalue weighted by molar-refractivity contribution is 0.157. The quantitative estimate of drug-likeness (QED) is 0.754. The lowest BCUT2D eigenvalue weighted by Crippen LogP contribution is -2.43. The summed E-state index contributed by atoms with van der Waals surface area (Å²) in [4.78, 5) is 5.24. The Hall–Kier alpha value is 0.270. The van der Waals surface area contributed by atoms with Crippen molar-refractivity contribution in [1.82, 2.24) is 9.80 Å². The second-order valence-electron chi connectivity index (χ2n) is 5.81. The third-order valence-corrected chi connectivity index (χ3v) is 5.00. The third kappa shape index (κ3) is 2.93. The Morgan fingerprint density at radius 3 is 2.62 bits per heavy atom. The highest BCUT2D eigenvalue weighted by Gasteiger charge is 2.43. The Morgan fingerprint density at radius 2 is 2.06 bits per heavy atom. The molecule has 1 saturated heterocycles. The zero-order valence-corrected chi connectivity index (χ0v) is 11.7. The summed E-state index contributed by atoms with van der Waals surface area (Å²) in [6.07, 6.45) is 5.42. The van der Waals surface area contributed by atoms with Gasteiger partial charge in [-0.15, -0.1) is 0 Å². The highest BCUT2D eigenvalue weighted by atomic mass is 32.1.